The predicted molar refractivity (Wildman–Crippen MR) is 80.8 cm³/mol. The molecule has 2 heterocycles. The highest BCUT2D eigenvalue weighted by Crippen LogP contribution is 2.31. The smallest absolute Gasteiger partial charge is 0.274 e. The fourth-order valence-electron chi connectivity index (χ4n) is 2.86. The fourth-order valence-corrected chi connectivity index (χ4v) is 2.86. The molecule has 1 aromatic heterocycles. The van der Waals surface area contributed by atoms with Crippen LogP contribution in [0.4, 0.5) is 4.39 Å². The van der Waals surface area contributed by atoms with Crippen molar-refractivity contribution in [3.05, 3.63) is 59.4 Å². The van der Waals surface area contributed by atoms with Crippen LogP contribution >= 0.6 is 0 Å². The number of amides is 1. The largest absolute Gasteiger partial charge is 0.330 e. The Hall–Kier alpha value is -2.30. The molecule has 0 radical (unpaired) electrons. The van der Waals surface area contributed by atoms with E-state index in [-0.39, 0.29) is 17.8 Å². The van der Waals surface area contributed by atoms with Crippen molar-refractivity contribution in [2.24, 2.45) is 0 Å². The third-order valence-electron chi connectivity index (χ3n) is 4.02. The summed E-state index contributed by atoms with van der Waals surface area (Å²) >= 11 is 0. The van der Waals surface area contributed by atoms with Crippen LogP contribution in [0.5, 0.6) is 0 Å². The van der Waals surface area contributed by atoms with E-state index < -0.39 is 0 Å². The minimum absolute atomic E-state index is 0.0232. The quantitative estimate of drug-likeness (QED) is 0.855. The number of carbonyl (C=O) groups is 1. The van der Waals surface area contributed by atoms with Crippen LogP contribution in [0.25, 0.3) is 0 Å². The lowest BCUT2D eigenvalue weighted by atomic mass is 9.95. The Kier molecular flexibility index (Phi) is 4.13. The molecule has 0 spiro atoms. The second kappa shape index (κ2) is 6.22. The Balaban J connectivity index is 1.87. The number of likely N-dealkylation sites (tertiary alicyclic amines) is 1. The number of rotatable bonds is 2. The van der Waals surface area contributed by atoms with E-state index in [0.717, 1.165) is 30.5 Å². The Labute approximate surface area is 129 Å². The van der Waals surface area contributed by atoms with Gasteiger partial charge in [-0.1, -0.05) is 12.1 Å². The number of hydrogen-bond donors (Lipinski definition) is 0. The van der Waals surface area contributed by atoms with Gasteiger partial charge in [0.25, 0.3) is 5.91 Å². The summed E-state index contributed by atoms with van der Waals surface area (Å²) in [4.78, 5) is 22.9. The fraction of sp³-hybridized carbons (Fsp3) is 0.353. The number of benzene rings is 1. The first kappa shape index (κ1) is 14.6. The lowest BCUT2D eigenvalue weighted by molar-refractivity contribution is 0.0605. The Morgan fingerprint density at radius 1 is 1.18 bits per heavy atom. The second-order valence-electron chi connectivity index (χ2n) is 5.60. The van der Waals surface area contributed by atoms with E-state index in [1.165, 1.54) is 18.3 Å². The zero-order chi connectivity index (χ0) is 15.5. The third-order valence-corrected chi connectivity index (χ3v) is 4.02. The molecule has 3 rings (SSSR count). The summed E-state index contributed by atoms with van der Waals surface area (Å²) in [6.07, 6.45) is 6.04. The molecule has 1 amide bonds. The summed E-state index contributed by atoms with van der Waals surface area (Å²) < 4.78 is 13.1. The third kappa shape index (κ3) is 2.98. The minimum Gasteiger partial charge on any atom is -0.330 e. The van der Waals surface area contributed by atoms with E-state index >= 15 is 0 Å². The highest BCUT2D eigenvalue weighted by atomic mass is 19.1. The van der Waals surface area contributed by atoms with E-state index in [9.17, 15) is 9.18 Å². The number of piperidine rings is 1. The average Bonchev–Trinajstić information content (AvgIpc) is 2.56. The maximum Gasteiger partial charge on any atom is 0.274 e. The van der Waals surface area contributed by atoms with Crippen molar-refractivity contribution in [3.8, 4) is 0 Å². The first-order valence-electron chi connectivity index (χ1n) is 7.50. The number of hydrogen-bond acceptors (Lipinski definition) is 3. The molecule has 5 heteroatoms. The van der Waals surface area contributed by atoms with Crippen molar-refractivity contribution in [2.45, 2.75) is 32.2 Å². The monoisotopic (exact) mass is 299 g/mol. The summed E-state index contributed by atoms with van der Waals surface area (Å²) in [5.41, 5.74) is 2.11. The normalized spacial score (nSPS) is 18.3. The molecule has 1 aliphatic rings. The molecular formula is C17H18FN3O. The highest BCUT2D eigenvalue weighted by molar-refractivity contribution is 5.92. The molecule has 1 fully saturated rings. The molecule has 2 aromatic rings. The summed E-state index contributed by atoms with van der Waals surface area (Å²) in [7, 11) is 0. The Morgan fingerprint density at radius 3 is 2.64 bits per heavy atom. The SMILES string of the molecule is Cc1cnc(C(=O)N2CCCCC2c2ccc(F)cc2)cn1. The van der Waals surface area contributed by atoms with Crippen molar-refractivity contribution >= 4 is 5.91 Å². The highest BCUT2D eigenvalue weighted by Gasteiger charge is 2.29. The Bertz CT molecular complexity index is 655. The minimum atomic E-state index is -0.262. The lowest BCUT2D eigenvalue weighted by Gasteiger charge is -2.35. The van der Waals surface area contributed by atoms with Gasteiger partial charge in [0, 0.05) is 12.7 Å². The number of aromatic nitrogens is 2. The maximum atomic E-state index is 13.1. The second-order valence-corrected chi connectivity index (χ2v) is 5.60. The van der Waals surface area contributed by atoms with Gasteiger partial charge >= 0.3 is 0 Å². The van der Waals surface area contributed by atoms with E-state index in [1.807, 2.05) is 11.8 Å². The van der Waals surface area contributed by atoms with Crippen LogP contribution < -0.4 is 0 Å². The summed E-state index contributed by atoms with van der Waals surface area (Å²) in [6.45, 7) is 2.53. The van der Waals surface area contributed by atoms with Crippen LogP contribution in [0.15, 0.2) is 36.7 Å². The molecule has 114 valence electrons. The molecule has 1 saturated heterocycles. The van der Waals surface area contributed by atoms with Gasteiger partial charge in [0.15, 0.2) is 0 Å². The van der Waals surface area contributed by atoms with E-state index in [0.29, 0.717) is 12.2 Å². The predicted octanol–water partition coefficient (Wildman–Crippen LogP) is 3.29. The number of halogens is 1. The maximum absolute atomic E-state index is 13.1. The molecule has 0 bridgehead atoms. The molecule has 0 aliphatic carbocycles. The van der Waals surface area contributed by atoms with Gasteiger partial charge < -0.3 is 4.90 Å². The van der Waals surface area contributed by atoms with Gasteiger partial charge in [0.05, 0.1) is 17.9 Å². The van der Waals surface area contributed by atoms with Gasteiger partial charge in [-0.25, -0.2) is 9.37 Å². The molecule has 22 heavy (non-hydrogen) atoms. The van der Waals surface area contributed by atoms with E-state index in [2.05, 4.69) is 9.97 Å². The first-order chi connectivity index (χ1) is 10.6. The van der Waals surface area contributed by atoms with Crippen LogP contribution in [0.2, 0.25) is 0 Å². The van der Waals surface area contributed by atoms with Crippen LogP contribution in [-0.4, -0.2) is 27.3 Å². The molecule has 1 atom stereocenters. The van der Waals surface area contributed by atoms with Crippen molar-refractivity contribution in [1.82, 2.24) is 14.9 Å². The van der Waals surface area contributed by atoms with Gasteiger partial charge in [-0.05, 0) is 43.9 Å². The number of carbonyl (C=O) groups excluding carboxylic acids is 1. The van der Waals surface area contributed by atoms with Gasteiger partial charge in [0.2, 0.25) is 0 Å². The molecule has 1 aromatic carbocycles. The van der Waals surface area contributed by atoms with E-state index in [1.54, 1.807) is 18.3 Å². The van der Waals surface area contributed by atoms with E-state index in [4.69, 9.17) is 0 Å². The van der Waals surface area contributed by atoms with Gasteiger partial charge in [0.1, 0.15) is 11.5 Å². The summed E-state index contributed by atoms with van der Waals surface area (Å²) in [5, 5.41) is 0. The topological polar surface area (TPSA) is 46.1 Å². The first-order valence-corrected chi connectivity index (χ1v) is 7.50. The summed E-state index contributed by atoms with van der Waals surface area (Å²) in [6, 6.07) is 6.38. The van der Waals surface area contributed by atoms with Crippen LogP contribution in [-0.2, 0) is 0 Å². The van der Waals surface area contributed by atoms with Gasteiger partial charge in [-0.15, -0.1) is 0 Å². The lowest BCUT2D eigenvalue weighted by Crippen LogP contribution is -2.39. The van der Waals surface area contributed by atoms with Crippen molar-refractivity contribution in [3.63, 3.8) is 0 Å². The Morgan fingerprint density at radius 2 is 1.95 bits per heavy atom. The molecular weight excluding hydrogens is 281 g/mol. The molecule has 0 saturated carbocycles. The number of aryl methyl sites for hydroxylation is 1. The van der Waals surface area contributed by atoms with Crippen molar-refractivity contribution in [1.29, 1.82) is 0 Å². The number of nitrogens with zero attached hydrogens (tertiary/aromatic N) is 3. The zero-order valence-electron chi connectivity index (χ0n) is 12.5. The van der Waals surface area contributed by atoms with Crippen LogP contribution in [0.1, 0.15) is 47.1 Å². The molecule has 1 unspecified atom stereocenters. The molecule has 4 nitrogen and oxygen atoms in total. The average molecular weight is 299 g/mol. The van der Waals surface area contributed by atoms with Crippen LogP contribution in [0.3, 0.4) is 0 Å². The summed E-state index contributed by atoms with van der Waals surface area (Å²) in [5.74, 6) is -0.372. The standard InChI is InChI=1S/C17H18FN3O/c1-12-10-20-15(11-19-12)17(22)21-9-3-2-4-16(21)13-5-7-14(18)8-6-13/h5-8,10-11,16H,2-4,9H2,1H3. The van der Waals surface area contributed by atoms with Gasteiger partial charge in [-0.2, -0.15) is 0 Å². The molecule has 1 aliphatic heterocycles. The zero-order valence-corrected chi connectivity index (χ0v) is 12.5. The van der Waals surface area contributed by atoms with Crippen molar-refractivity contribution in [2.75, 3.05) is 6.54 Å². The van der Waals surface area contributed by atoms with Crippen molar-refractivity contribution < 1.29 is 9.18 Å². The molecule has 0 N–H and O–H groups in total. The van der Waals surface area contributed by atoms with Gasteiger partial charge in [-0.3, -0.25) is 9.78 Å². The van der Waals surface area contributed by atoms with Crippen LogP contribution in [0, 0.1) is 12.7 Å².